The van der Waals surface area contributed by atoms with Crippen molar-refractivity contribution in [2.45, 2.75) is 62.8 Å². The second-order valence-corrected chi connectivity index (χ2v) is 14.8. The van der Waals surface area contributed by atoms with E-state index in [4.69, 9.17) is 5.73 Å². The number of nitrogens with one attached hydrogen (secondary N) is 4. The van der Waals surface area contributed by atoms with Crippen molar-refractivity contribution in [1.29, 1.82) is 0 Å². The lowest BCUT2D eigenvalue weighted by atomic mass is 9.81. The van der Waals surface area contributed by atoms with Crippen LogP contribution in [0.1, 0.15) is 49.7 Å². The number of hydrogen-bond donors (Lipinski definition) is 5. The van der Waals surface area contributed by atoms with Gasteiger partial charge in [0.15, 0.2) is 0 Å². The first-order chi connectivity index (χ1) is 22.6. The van der Waals surface area contributed by atoms with Crippen LogP contribution < -0.4 is 21.9 Å². The molecule has 2 fully saturated rings. The van der Waals surface area contributed by atoms with Gasteiger partial charge in [-0.2, -0.15) is 4.31 Å². The number of carbonyl (C=O) groups is 2. The predicted molar refractivity (Wildman–Crippen MR) is 182 cm³/mol. The Hall–Kier alpha value is -4.26. The maximum atomic E-state index is 13.8. The summed E-state index contributed by atoms with van der Waals surface area (Å²) in [5.74, 6) is -0.309. The summed E-state index contributed by atoms with van der Waals surface area (Å²) >= 11 is 0. The van der Waals surface area contributed by atoms with E-state index in [-0.39, 0.29) is 34.6 Å². The third kappa shape index (κ3) is 7.19. The number of benzene rings is 3. The van der Waals surface area contributed by atoms with Gasteiger partial charge in [0.05, 0.1) is 15.8 Å². The molecule has 6 rings (SSSR count). The lowest BCUT2D eigenvalue weighted by Gasteiger charge is -2.28. The normalized spacial score (nSPS) is 19.4. The van der Waals surface area contributed by atoms with Crippen molar-refractivity contribution >= 4 is 38.4 Å². The molecule has 47 heavy (non-hydrogen) atoms. The maximum absolute atomic E-state index is 13.8. The van der Waals surface area contributed by atoms with E-state index >= 15 is 0 Å². The molecule has 0 spiro atoms. The van der Waals surface area contributed by atoms with Gasteiger partial charge in [0.1, 0.15) is 6.04 Å². The van der Waals surface area contributed by atoms with Crippen molar-refractivity contribution in [3.63, 3.8) is 0 Å². The van der Waals surface area contributed by atoms with Crippen molar-refractivity contribution < 1.29 is 18.0 Å². The number of hydrogen-bond acceptors (Lipinski definition) is 6. The number of H-pyrrole nitrogens is 2. The molecule has 12 heteroatoms. The molecular formula is C35H42N6O5S. The first-order valence-corrected chi connectivity index (χ1v) is 17.8. The molecule has 4 aromatic rings. The Labute approximate surface area is 274 Å². The van der Waals surface area contributed by atoms with Crippen LogP contribution in [0.25, 0.3) is 22.0 Å². The number of nitrogens with two attached hydrogens (primary N) is 1. The van der Waals surface area contributed by atoms with Crippen LogP contribution in [0, 0.1) is 18.8 Å². The SMILES string of the molecule is Cc1ccc(S(=O)(=O)N2CCCC2)cc1-c1cccc(CC(NC(=O)C2CCC(CN)CC2)C(=O)Nc2ccc3c(=O)[nH][nH]c3c2)c1. The Morgan fingerprint density at radius 1 is 0.979 bits per heavy atom. The molecule has 11 nitrogen and oxygen atoms in total. The first kappa shape index (κ1) is 32.7. The van der Waals surface area contributed by atoms with Crippen LogP contribution in [0.15, 0.2) is 70.4 Å². The number of anilines is 1. The first-order valence-electron chi connectivity index (χ1n) is 16.3. The second kappa shape index (κ2) is 13.8. The number of nitrogens with zero attached hydrogens (tertiary/aromatic N) is 1. The molecule has 248 valence electrons. The highest BCUT2D eigenvalue weighted by atomic mass is 32.2. The smallest absolute Gasteiger partial charge is 0.271 e. The van der Waals surface area contributed by atoms with Gasteiger partial charge in [-0.3, -0.25) is 24.6 Å². The Balaban J connectivity index is 1.26. The zero-order valence-corrected chi connectivity index (χ0v) is 27.4. The van der Waals surface area contributed by atoms with Crippen LogP contribution in [0.2, 0.25) is 0 Å². The van der Waals surface area contributed by atoms with E-state index in [0.717, 1.165) is 60.8 Å². The fourth-order valence-electron chi connectivity index (χ4n) is 6.76. The lowest BCUT2D eigenvalue weighted by molar-refractivity contribution is -0.130. The van der Waals surface area contributed by atoms with Crippen LogP contribution in [-0.4, -0.2) is 60.4 Å². The molecule has 0 bridgehead atoms. The zero-order chi connectivity index (χ0) is 33.1. The topological polar surface area (TPSA) is 170 Å². The molecule has 1 aliphatic heterocycles. The van der Waals surface area contributed by atoms with Gasteiger partial charge in [0, 0.05) is 31.1 Å². The Morgan fingerprint density at radius 3 is 2.49 bits per heavy atom. The summed E-state index contributed by atoms with van der Waals surface area (Å²) in [6.45, 7) is 3.61. The number of amides is 2. The third-order valence-corrected chi connectivity index (χ3v) is 11.5. The fourth-order valence-corrected chi connectivity index (χ4v) is 8.30. The number of rotatable bonds is 10. The summed E-state index contributed by atoms with van der Waals surface area (Å²) in [7, 11) is -3.59. The summed E-state index contributed by atoms with van der Waals surface area (Å²) in [5.41, 5.74) is 10.0. The summed E-state index contributed by atoms with van der Waals surface area (Å²) in [5, 5.41) is 11.8. The van der Waals surface area contributed by atoms with Gasteiger partial charge in [0.25, 0.3) is 5.56 Å². The quantitative estimate of drug-likeness (QED) is 0.172. The summed E-state index contributed by atoms with van der Waals surface area (Å²) in [6.07, 6.45) is 5.16. The van der Waals surface area contributed by atoms with E-state index < -0.39 is 16.1 Å². The van der Waals surface area contributed by atoms with Gasteiger partial charge >= 0.3 is 0 Å². The number of fused-ring (bicyclic) bond motifs is 1. The number of aromatic nitrogens is 2. The lowest BCUT2D eigenvalue weighted by Crippen LogP contribution is -2.48. The summed E-state index contributed by atoms with van der Waals surface area (Å²) in [4.78, 5) is 39.5. The molecular weight excluding hydrogens is 616 g/mol. The van der Waals surface area contributed by atoms with Gasteiger partial charge in [-0.15, -0.1) is 0 Å². The average molecular weight is 659 g/mol. The van der Waals surface area contributed by atoms with E-state index in [9.17, 15) is 22.8 Å². The van der Waals surface area contributed by atoms with Crippen molar-refractivity contribution in [3.8, 4) is 11.1 Å². The minimum atomic E-state index is -3.59. The van der Waals surface area contributed by atoms with Crippen LogP contribution in [0.4, 0.5) is 5.69 Å². The van der Waals surface area contributed by atoms with Gasteiger partial charge < -0.3 is 16.4 Å². The van der Waals surface area contributed by atoms with Crippen LogP contribution >= 0.6 is 0 Å². The number of sulfonamides is 1. The van der Waals surface area contributed by atoms with Gasteiger partial charge in [0.2, 0.25) is 21.8 Å². The maximum Gasteiger partial charge on any atom is 0.271 e. The standard InChI is InChI=1S/C35H42N6O5S/c1-22-7-13-28(47(45,46)41-15-2-3-16-41)20-30(22)26-6-4-5-24(17-26)18-32(38-33(42)25-10-8-23(21-36)9-11-25)35(44)37-27-12-14-29-31(19-27)39-40-34(29)43/h4-7,12-14,17,19-20,23,25,32H,2-3,8-11,15-16,18,21,36H2,1H3,(H,37,44)(H,38,42)(H2,39,40,43). The van der Waals surface area contributed by atoms with Crippen LogP contribution in [0.3, 0.4) is 0 Å². The van der Waals surface area contributed by atoms with Crippen molar-refractivity contribution in [2.75, 3.05) is 25.0 Å². The third-order valence-electron chi connectivity index (χ3n) is 9.62. The van der Waals surface area contributed by atoms with Crippen molar-refractivity contribution in [2.24, 2.45) is 17.6 Å². The molecule has 6 N–H and O–H groups in total. The molecule has 1 aliphatic carbocycles. The molecule has 3 aromatic carbocycles. The van der Waals surface area contributed by atoms with E-state index in [1.807, 2.05) is 37.3 Å². The number of carbonyl (C=O) groups excluding carboxylic acids is 2. The molecule has 1 atom stereocenters. The highest BCUT2D eigenvalue weighted by molar-refractivity contribution is 7.89. The van der Waals surface area contributed by atoms with E-state index in [1.165, 1.54) is 4.31 Å². The molecule has 0 radical (unpaired) electrons. The molecule has 2 amide bonds. The Morgan fingerprint density at radius 2 is 1.74 bits per heavy atom. The molecule has 1 saturated carbocycles. The van der Waals surface area contributed by atoms with E-state index in [2.05, 4.69) is 20.8 Å². The zero-order valence-electron chi connectivity index (χ0n) is 26.6. The summed E-state index contributed by atoms with van der Waals surface area (Å²) < 4.78 is 28.2. The number of aryl methyl sites for hydroxylation is 1. The summed E-state index contributed by atoms with van der Waals surface area (Å²) in [6, 6.07) is 17.0. The van der Waals surface area contributed by atoms with Gasteiger partial charge in [-0.1, -0.05) is 30.3 Å². The van der Waals surface area contributed by atoms with E-state index in [1.54, 1.807) is 30.3 Å². The van der Waals surface area contributed by atoms with Crippen LogP contribution in [-0.2, 0) is 26.0 Å². The highest BCUT2D eigenvalue weighted by Crippen LogP contribution is 2.31. The van der Waals surface area contributed by atoms with Crippen molar-refractivity contribution in [1.82, 2.24) is 19.8 Å². The monoisotopic (exact) mass is 658 g/mol. The van der Waals surface area contributed by atoms with Gasteiger partial charge in [-0.05, 0) is 110 Å². The Kier molecular flexibility index (Phi) is 9.62. The van der Waals surface area contributed by atoms with E-state index in [0.29, 0.717) is 42.1 Å². The fraction of sp³-hybridized carbons (Fsp3) is 0.400. The molecule has 2 heterocycles. The predicted octanol–water partition coefficient (Wildman–Crippen LogP) is 4.05. The average Bonchev–Trinajstić information content (AvgIpc) is 3.76. The second-order valence-electron chi connectivity index (χ2n) is 12.8. The largest absolute Gasteiger partial charge is 0.344 e. The van der Waals surface area contributed by atoms with Gasteiger partial charge in [-0.25, -0.2) is 8.42 Å². The number of aromatic amines is 2. The Bertz CT molecular complexity index is 1940. The van der Waals surface area contributed by atoms with Crippen molar-refractivity contribution in [3.05, 3.63) is 82.1 Å². The molecule has 1 unspecified atom stereocenters. The highest BCUT2D eigenvalue weighted by Gasteiger charge is 2.30. The van der Waals surface area contributed by atoms with Crippen LogP contribution in [0.5, 0.6) is 0 Å². The minimum absolute atomic E-state index is 0.155. The molecule has 1 aromatic heterocycles. The molecule has 1 saturated heterocycles. The molecule has 2 aliphatic rings. The minimum Gasteiger partial charge on any atom is -0.344 e.